The number of benzene rings is 1. The van der Waals surface area contributed by atoms with E-state index in [1.807, 2.05) is 0 Å². The van der Waals surface area contributed by atoms with E-state index in [0.29, 0.717) is 12.1 Å². The van der Waals surface area contributed by atoms with Gasteiger partial charge < -0.3 is 15.8 Å². The number of alkyl halides is 3. The van der Waals surface area contributed by atoms with Crippen LogP contribution in [0.2, 0.25) is 0 Å². The molecule has 1 amide bonds. The summed E-state index contributed by atoms with van der Waals surface area (Å²) in [6, 6.07) is 2.21. The predicted molar refractivity (Wildman–Crippen MR) is 68.0 cm³/mol. The molecule has 0 saturated carbocycles. The number of nitrogens with one attached hydrogen (secondary N) is 1. The molecule has 0 spiro atoms. The fraction of sp³-hybridized carbons (Fsp3) is 0.231. The second kappa shape index (κ2) is 6.65. The van der Waals surface area contributed by atoms with E-state index in [0.717, 1.165) is 6.07 Å². The van der Waals surface area contributed by atoms with Crippen molar-refractivity contribution in [1.82, 2.24) is 5.32 Å². The number of ether oxygens (including phenoxy) is 1. The van der Waals surface area contributed by atoms with Gasteiger partial charge in [0.1, 0.15) is 0 Å². The average molecular weight is 300 g/mol. The van der Waals surface area contributed by atoms with E-state index in [1.54, 1.807) is 0 Å². The summed E-state index contributed by atoms with van der Waals surface area (Å²) in [7, 11) is 0. The SMILES string of the molecule is C#CCNC(=O)COC(=O)c1ccc(C(F)(F)F)cc1N. The minimum atomic E-state index is -4.56. The van der Waals surface area contributed by atoms with Crippen molar-refractivity contribution in [3.8, 4) is 12.3 Å². The van der Waals surface area contributed by atoms with Crippen molar-refractivity contribution in [2.75, 3.05) is 18.9 Å². The number of halogens is 3. The predicted octanol–water partition coefficient (Wildman–Crippen LogP) is 1.19. The number of amides is 1. The number of esters is 1. The van der Waals surface area contributed by atoms with E-state index >= 15 is 0 Å². The summed E-state index contributed by atoms with van der Waals surface area (Å²) < 4.78 is 41.9. The molecular weight excluding hydrogens is 289 g/mol. The molecule has 0 atom stereocenters. The minimum Gasteiger partial charge on any atom is -0.452 e. The topological polar surface area (TPSA) is 81.4 Å². The van der Waals surface area contributed by atoms with Gasteiger partial charge in [0.2, 0.25) is 0 Å². The Balaban J connectivity index is 2.72. The number of anilines is 1. The van der Waals surface area contributed by atoms with Crippen molar-refractivity contribution in [2.24, 2.45) is 0 Å². The molecule has 3 N–H and O–H groups in total. The molecule has 21 heavy (non-hydrogen) atoms. The van der Waals surface area contributed by atoms with Crippen molar-refractivity contribution in [3.05, 3.63) is 29.3 Å². The Morgan fingerprint density at radius 3 is 2.57 bits per heavy atom. The summed E-state index contributed by atoms with van der Waals surface area (Å²) >= 11 is 0. The third kappa shape index (κ3) is 4.72. The Labute approximate surface area is 118 Å². The molecule has 0 aliphatic rings. The summed E-state index contributed by atoms with van der Waals surface area (Å²) in [4.78, 5) is 22.7. The maximum Gasteiger partial charge on any atom is 0.416 e. The van der Waals surface area contributed by atoms with Gasteiger partial charge in [-0.05, 0) is 18.2 Å². The molecule has 1 aromatic rings. The third-order valence-electron chi connectivity index (χ3n) is 2.32. The van der Waals surface area contributed by atoms with Gasteiger partial charge in [-0.3, -0.25) is 4.79 Å². The van der Waals surface area contributed by atoms with Crippen LogP contribution in [0.25, 0.3) is 0 Å². The van der Waals surface area contributed by atoms with E-state index in [2.05, 4.69) is 16.0 Å². The van der Waals surface area contributed by atoms with E-state index in [9.17, 15) is 22.8 Å². The molecule has 1 rings (SSSR count). The molecule has 0 aliphatic carbocycles. The van der Waals surface area contributed by atoms with Crippen LogP contribution in [-0.4, -0.2) is 25.0 Å². The molecular formula is C13H11F3N2O3. The highest BCUT2D eigenvalue weighted by Crippen LogP contribution is 2.31. The van der Waals surface area contributed by atoms with Gasteiger partial charge in [0.15, 0.2) is 6.61 Å². The molecule has 112 valence electrons. The lowest BCUT2D eigenvalue weighted by Crippen LogP contribution is -2.29. The highest BCUT2D eigenvalue weighted by molar-refractivity contribution is 5.96. The van der Waals surface area contributed by atoms with Gasteiger partial charge in [-0.2, -0.15) is 13.2 Å². The molecule has 0 aliphatic heterocycles. The van der Waals surface area contributed by atoms with Crippen LogP contribution < -0.4 is 11.1 Å². The Morgan fingerprint density at radius 2 is 2.05 bits per heavy atom. The second-order valence-electron chi connectivity index (χ2n) is 3.86. The minimum absolute atomic E-state index is 0.0290. The fourth-order valence-corrected chi connectivity index (χ4v) is 1.33. The van der Waals surface area contributed by atoms with Crippen LogP contribution in [0.15, 0.2) is 18.2 Å². The first-order valence-corrected chi connectivity index (χ1v) is 5.59. The summed E-state index contributed by atoms with van der Waals surface area (Å²) in [5.74, 6) is 0.513. The maximum atomic E-state index is 12.4. The lowest BCUT2D eigenvalue weighted by atomic mass is 10.1. The lowest BCUT2D eigenvalue weighted by molar-refractivity contribution is -0.137. The maximum absolute atomic E-state index is 12.4. The Kier molecular flexibility index (Phi) is 5.18. The van der Waals surface area contributed by atoms with E-state index < -0.39 is 30.2 Å². The zero-order valence-corrected chi connectivity index (χ0v) is 10.7. The standard InChI is InChI=1S/C13H11F3N2O3/c1-2-5-18-11(19)7-21-12(20)9-4-3-8(6-10(9)17)13(14,15)16/h1,3-4,6H,5,7,17H2,(H,18,19). The fourth-order valence-electron chi connectivity index (χ4n) is 1.33. The van der Waals surface area contributed by atoms with Gasteiger partial charge in [-0.25, -0.2) is 4.79 Å². The van der Waals surface area contributed by atoms with E-state index in [4.69, 9.17) is 12.2 Å². The number of nitrogen functional groups attached to an aromatic ring is 1. The van der Waals surface area contributed by atoms with Gasteiger partial charge in [0, 0.05) is 5.69 Å². The zero-order valence-electron chi connectivity index (χ0n) is 10.7. The first-order valence-electron chi connectivity index (χ1n) is 5.59. The van der Waals surface area contributed by atoms with Crippen molar-refractivity contribution in [3.63, 3.8) is 0 Å². The number of carbonyl (C=O) groups excluding carboxylic acids is 2. The summed E-state index contributed by atoms with van der Waals surface area (Å²) in [5.41, 5.74) is 3.75. The number of terminal acetylenes is 1. The highest BCUT2D eigenvalue weighted by atomic mass is 19.4. The molecule has 0 unspecified atom stereocenters. The van der Waals surface area contributed by atoms with Crippen LogP contribution in [0.5, 0.6) is 0 Å². The highest BCUT2D eigenvalue weighted by Gasteiger charge is 2.31. The largest absolute Gasteiger partial charge is 0.452 e. The quantitative estimate of drug-likeness (QED) is 0.497. The van der Waals surface area contributed by atoms with Crippen LogP contribution in [0.1, 0.15) is 15.9 Å². The van der Waals surface area contributed by atoms with Gasteiger partial charge >= 0.3 is 12.1 Å². The molecule has 0 fully saturated rings. The monoisotopic (exact) mass is 300 g/mol. The molecule has 1 aromatic carbocycles. The smallest absolute Gasteiger partial charge is 0.416 e. The van der Waals surface area contributed by atoms with Gasteiger partial charge in [0.25, 0.3) is 5.91 Å². The van der Waals surface area contributed by atoms with Crippen molar-refractivity contribution in [2.45, 2.75) is 6.18 Å². The van der Waals surface area contributed by atoms with Crippen LogP contribution >= 0.6 is 0 Å². The zero-order chi connectivity index (χ0) is 16.0. The average Bonchev–Trinajstić information content (AvgIpc) is 2.41. The first kappa shape index (κ1) is 16.4. The molecule has 0 saturated heterocycles. The van der Waals surface area contributed by atoms with Crippen LogP contribution in [0.4, 0.5) is 18.9 Å². The van der Waals surface area contributed by atoms with Crippen molar-refractivity contribution in [1.29, 1.82) is 0 Å². The van der Waals surface area contributed by atoms with Crippen LogP contribution in [0.3, 0.4) is 0 Å². The molecule has 0 heterocycles. The number of hydrogen-bond acceptors (Lipinski definition) is 4. The van der Waals surface area contributed by atoms with Crippen LogP contribution in [0, 0.1) is 12.3 Å². The van der Waals surface area contributed by atoms with Crippen molar-refractivity contribution < 1.29 is 27.5 Å². The first-order chi connectivity index (χ1) is 9.75. The number of rotatable bonds is 4. The number of carbonyl (C=O) groups is 2. The van der Waals surface area contributed by atoms with Gasteiger partial charge in [0.05, 0.1) is 17.7 Å². The number of hydrogen-bond donors (Lipinski definition) is 2. The Hall–Kier alpha value is -2.69. The Morgan fingerprint density at radius 1 is 1.38 bits per heavy atom. The second-order valence-corrected chi connectivity index (χ2v) is 3.86. The van der Waals surface area contributed by atoms with Crippen LogP contribution in [-0.2, 0) is 15.7 Å². The van der Waals surface area contributed by atoms with E-state index in [-0.39, 0.29) is 17.8 Å². The Bertz CT molecular complexity index is 591. The molecule has 0 radical (unpaired) electrons. The van der Waals surface area contributed by atoms with E-state index in [1.165, 1.54) is 0 Å². The molecule has 0 bridgehead atoms. The summed E-state index contributed by atoms with van der Waals surface area (Å²) in [6.07, 6.45) is 0.348. The molecule has 5 nitrogen and oxygen atoms in total. The summed E-state index contributed by atoms with van der Waals surface area (Å²) in [5, 5.41) is 2.25. The van der Waals surface area contributed by atoms with Crippen molar-refractivity contribution >= 4 is 17.6 Å². The lowest BCUT2D eigenvalue weighted by Gasteiger charge is -2.10. The molecule has 0 aromatic heterocycles. The van der Waals surface area contributed by atoms with Gasteiger partial charge in [-0.15, -0.1) is 6.42 Å². The molecule has 8 heteroatoms. The third-order valence-corrected chi connectivity index (χ3v) is 2.32. The summed E-state index contributed by atoms with van der Waals surface area (Å²) in [6.45, 7) is -0.639. The van der Waals surface area contributed by atoms with Gasteiger partial charge in [-0.1, -0.05) is 5.92 Å². The number of nitrogens with two attached hydrogens (primary N) is 1. The normalized spacial score (nSPS) is 10.6.